The van der Waals surface area contributed by atoms with Crippen LogP contribution in [0.15, 0.2) is 51.0 Å². The van der Waals surface area contributed by atoms with Crippen LogP contribution >= 0.6 is 11.8 Å². The number of rotatable bonds is 6. The largest absolute Gasteiger partial charge is 0.459 e. The van der Waals surface area contributed by atoms with Gasteiger partial charge in [-0.2, -0.15) is 0 Å². The molecule has 0 aliphatic heterocycles. The summed E-state index contributed by atoms with van der Waals surface area (Å²) in [6.07, 6.45) is 1.34. The third-order valence-corrected chi connectivity index (χ3v) is 4.79. The van der Waals surface area contributed by atoms with Crippen LogP contribution in [0, 0.1) is 13.8 Å². The number of aromatic amines is 1. The lowest BCUT2D eigenvalue weighted by atomic mass is 10.1. The number of nitrogens with one attached hydrogen (secondary N) is 3. The highest BCUT2D eigenvalue weighted by Crippen LogP contribution is 2.20. The number of amides is 2. The first-order chi connectivity index (χ1) is 13.8. The second kappa shape index (κ2) is 8.65. The molecule has 9 nitrogen and oxygen atoms in total. The van der Waals surface area contributed by atoms with E-state index in [1.54, 1.807) is 6.07 Å². The summed E-state index contributed by atoms with van der Waals surface area (Å²) in [5, 5.41) is 5.36. The summed E-state index contributed by atoms with van der Waals surface area (Å²) in [6, 6.07) is 8.76. The van der Waals surface area contributed by atoms with E-state index in [1.807, 2.05) is 32.0 Å². The summed E-state index contributed by atoms with van der Waals surface area (Å²) in [7, 11) is 0. The first-order valence-electron chi connectivity index (χ1n) is 8.58. The molecule has 3 aromatic rings. The Bertz CT molecular complexity index is 1110. The number of aromatic nitrogens is 2. The van der Waals surface area contributed by atoms with Crippen LogP contribution in [0.5, 0.6) is 0 Å². The highest BCUT2D eigenvalue weighted by Gasteiger charge is 2.16. The minimum atomic E-state index is -0.630. The topological polar surface area (TPSA) is 143 Å². The number of carbonyl (C=O) groups excluding carboxylic acids is 2. The van der Waals surface area contributed by atoms with Gasteiger partial charge in [0.15, 0.2) is 22.4 Å². The molecule has 2 amide bonds. The minimum absolute atomic E-state index is 0.0217. The molecule has 0 aliphatic carbocycles. The smallest absolute Gasteiger partial charge is 0.291 e. The Hall–Kier alpha value is -3.53. The molecule has 5 N–H and O–H groups in total. The number of anilines is 3. The van der Waals surface area contributed by atoms with Crippen molar-refractivity contribution in [3.8, 4) is 0 Å². The maximum atomic E-state index is 12.2. The molecule has 0 saturated carbocycles. The quantitative estimate of drug-likeness (QED) is 0.359. The fourth-order valence-corrected chi connectivity index (χ4v) is 3.10. The zero-order chi connectivity index (χ0) is 21.0. The molecule has 0 spiro atoms. The van der Waals surface area contributed by atoms with Gasteiger partial charge in [0, 0.05) is 5.69 Å². The predicted octanol–water partition coefficient (Wildman–Crippen LogP) is 2.55. The number of furan rings is 1. The van der Waals surface area contributed by atoms with E-state index in [4.69, 9.17) is 10.2 Å². The number of thioether (sulfide) groups is 1. The van der Waals surface area contributed by atoms with Crippen molar-refractivity contribution < 1.29 is 14.0 Å². The van der Waals surface area contributed by atoms with E-state index in [1.165, 1.54) is 12.3 Å². The second-order valence-corrected chi connectivity index (χ2v) is 7.18. The third kappa shape index (κ3) is 5.05. The highest BCUT2D eigenvalue weighted by molar-refractivity contribution is 7.99. The highest BCUT2D eigenvalue weighted by atomic mass is 32.2. The lowest BCUT2D eigenvalue weighted by Gasteiger charge is -2.10. The molecule has 0 bridgehead atoms. The molecule has 0 atom stereocenters. The first kappa shape index (κ1) is 20.2. The summed E-state index contributed by atoms with van der Waals surface area (Å²) < 4.78 is 4.97. The molecule has 29 heavy (non-hydrogen) atoms. The van der Waals surface area contributed by atoms with Crippen molar-refractivity contribution in [3.63, 3.8) is 0 Å². The van der Waals surface area contributed by atoms with Gasteiger partial charge in [0.1, 0.15) is 0 Å². The maximum Gasteiger partial charge on any atom is 0.291 e. The standard InChI is InChI=1S/C19H19N5O4S/c1-10-5-6-11(2)12(8-10)21-14(25)9-29-19-23-16(20)15(18(27)24-19)22-17(26)13-4-3-7-28-13/h3-8H,9H2,1-2H3,(H,21,25)(H,22,26)(H3,20,23,24,27). The van der Waals surface area contributed by atoms with E-state index in [9.17, 15) is 14.4 Å². The number of hydrogen-bond acceptors (Lipinski definition) is 7. The number of nitrogen functional groups attached to an aromatic ring is 1. The molecule has 2 heterocycles. The first-order valence-corrected chi connectivity index (χ1v) is 9.56. The van der Waals surface area contributed by atoms with Gasteiger partial charge in [-0.05, 0) is 43.2 Å². The van der Waals surface area contributed by atoms with Crippen molar-refractivity contribution in [2.75, 3.05) is 22.1 Å². The normalized spacial score (nSPS) is 10.6. The third-order valence-electron chi connectivity index (χ3n) is 3.92. The summed E-state index contributed by atoms with van der Waals surface area (Å²) in [4.78, 5) is 43.0. The second-order valence-electron chi connectivity index (χ2n) is 6.22. The Morgan fingerprint density at radius 1 is 1.24 bits per heavy atom. The van der Waals surface area contributed by atoms with Gasteiger partial charge in [0.05, 0.1) is 12.0 Å². The van der Waals surface area contributed by atoms with Gasteiger partial charge in [-0.25, -0.2) is 4.98 Å². The Morgan fingerprint density at radius 3 is 2.72 bits per heavy atom. The van der Waals surface area contributed by atoms with Crippen molar-refractivity contribution in [1.29, 1.82) is 0 Å². The minimum Gasteiger partial charge on any atom is -0.459 e. The molecular formula is C19H19N5O4S. The van der Waals surface area contributed by atoms with Gasteiger partial charge in [0.25, 0.3) is 11.5 Å². The van der Waals surface area contributed by atoms with Gasteiger partial charge < -0.3 is 20.8 Å². The molecule has 1 aromatic carbocycles. The fourth-order valence-electron chi connectivity index (χ4n) is 2.43. The monoisotopic (exact) mass is 413 g/mol. The Morgan fingerprint density at radius 2 is 2.03 bits per heavy atom. The number of nitrogens with zero attached hydrogens (tertiary/aromatic N) is 1. The van der Waals surface area contributed by atoms with E-state index >= 15 is 0 Å². The van der Waals surface area contributed by atoms with Crippen molar-refractivity contribution in [2.24, 2.45) is 0 Å². The van der Waals surface area contributed by atoms with E-state index in [2.05, 4.69) is 20.6 Å². The van der Waals surface area contributed by atoms with Crippen LogP contribution in [0.3, 0.4) is 0 Å². The Balaban J connectivity index is 1.64. The van der Waals surface area contributed by atoms with Crippen LogP contribution in [0.1, 0.15) is 21.7 Å². The Labute approximate surface area is 170 Å². The van der Waals surface area contributed by atoms with Crippen LogP contribution in [0.4, 0.5) is 17.2 Å². The van der Waals surface area contributed by atoms with Crippen LogP contribution in [-0.4, -0.2) is 27.5 Å². The summed E-state index contributed by atoms with van der Waals surface area (Å²) >= 11 is 1.02. The number of benzene rings is 1. The SMILES string of the molecule is Cc1ccc(C)c(NC(=O)CSc2nc(N)c(NC(=O)c3ccco3)c(=O)[nH]2)c1. The van der Waals surface area contributed by atoms with Crippen LogP contribution in [0.25, 0.3) is 0 Å². The van der Waals surface area contributed by atoms with Gasteiger partial charge in [0.2, 0.25) is 5.91 Å². The van der Waals surface area contributed by atoms with E-state index in [0.717, 1.165) is 28.6 Å². The predicted molar refractivity (Wildman–Crippen MR) is 111 cm³/mol. The lowest BCUT2D eigenvalue weighted by molar-refractivity contribution is -0.113. The Kier molecular flexibility index (Phi) is 6.03. The molecule has 0 unspecified atom stereocenters. The molecule has 0 saturated heterocycles. The number of aryl methyl sites for hydroxylation is 2. The summed E-state index contributed by atoms with van der Waals surface area (Å²) in [5.41, 5.74) is 7.69. The molecule has 0 aliphatic rings. The molecule has 0 fully saturated rings. The molecule has 150 valence electrons. The summed E-state index contributed by atoms with van der Waals surface area (Å²) in [6.45, 7) is 3.84. The van der Waals surface area contributed by atoms with Gasteiger partial charge >= 0.3 is 0 Å². The zero-order valence-electron chi connectivity index (χ0n) is 15.7. The average Bonchev–Trinajstić information content (AvgIpc) is 3.21. The lowest BCUT2D eigenvalue weighted by Crippen LogP contribution is -2.23. The van der Waals surface area contributed by atoms with Crippen molar-refractivity contribution in [1.82, 2.24) is 9.97 Å². The van der Waals surface area contributed by atoms with E-state index < -0.39 is 11.5 Å². The maximum absolute atomic E-state index is 12.2. The van der Waals surface area contributed by atoms with Crippen molar-refractivity contribution in [3.05, 3.63) is 63.8 Å². The van der Waals surface area contributed by atoms with Crippen molar-refractivity contribution in [2.45, 2.75) is 19.0 Å². The summed E-state index contributed by atoms with van der Waals surface area (Å²) in [5.74, 6) is -0.979. The zero-order valence-corrected chi connectivity index (χ0v) is 16.6. The van der Waals surface area contributed by atoms with Gasteiger partial charge in [-0.3, -0.25) is 19.4 Å². The molecule has 2 aromatic heterocycles. The van der Waals surface area contributed by atoms with Gasteiger partial charge in [-0.1, -0.05) is 23.9 Å². The van der Waals surface area contributed by atoms with E-state index in [-0.39, 0.29) is 34.1 Å². The number of H-pyrrole nitrogens is 1. The van der Waals surface area contributed by atoms with Gasteiger partial charge in [-0.15, -0.1) is 0 Å². The van der Waals surface area contributed by atoms with E-state index in [0.29, 0.717) is 0 Å². The molecule has 3 rings (SSSR count). The molecular weight excluding hydrogens is 394 g/mol. The number of carbonyl (C=O) groups is 2. The average molecular weight is 413 g/mol. The number of hydrogen-bond donors (Lipinski definition) is 4. The molecule has 0 radical (unpaired) electrons. The van der Waals surface area contributed by atoms with Crippen LogP contribution in [0.2, 0.25) is 0 Å². The van der Waals surface area contributed by atoms with Crippen LogP contribution < -0.4 is 21.9 Å². The van der Waals surface area contributed by atoms with Crippen LogP contribution in [-0.2, 0) is 4.79 Å². The fraction of sp³-hybridized carbons (Fsp3) is 0.158. The molecule has 10 heteroatoms. The number of nitrogens with two attached hydrogens (primary N) is 1. The van der Waals surface area contributed by atoms with Crippen molar-refractivity contribution >= 4 is 40.8 Å².